The number of amides is 3. The summed E-state index contributed by atoms with van der Waals surface area (Å²) < 4.78 is 7.63. The van der Waals surface area contributed by atoms with Crippen LogP contribution >= 0.6 is 0 Å². The van der Waals surface area contributed by atoms with Crippen LogP contribution in [-0.2, 0) is 0 Å². The number of fused-ring (bicyclic) bond motifs is 1. The topological polar surface area (TPSA) is 139 Å². The first-order valence-electron chi connectivity index (χ1n) is 12.0. The van der Waals surface area contributed by atoms with Gasteiger partial charge in [0.1, 0.15) is 22.9 Å². The molecule has 3 amide bonds. The summed E-state index contributed by atoms with van der Waals surface area (Å²) in [4.78, 5) is 36.0. The van der Waals surface area contributed by atoms with E-state index in [-0.39, 0.29) is 17.6 Å². The zero-order valence-electron chi connectivity index (χ0n) is 21.0. The van der Waals surface area contributed by atoms with Gasteiger partial charge < -0.3 is 25.7 Å². The molecule has 5 aromatic rings. The molecule has 38 heavy (non-hydrogen) atoms. The highest BCUT2D eigenvalue weighted by Crippen LogP contribution is 2.30. The summed E-state index contributed by atoms with van der Waals surface area (Å²) in [5.74, 6) is 0.713. The SMILES string of the molecule is CNC(=O)c1cc(Oc2ccc(NC(=O)Nc3cn(C(C)C)nc3-c3ccc4nc[nH]c4c3)cc2)ccn1. The van der Waals surface area contributed by atoms with Crippen molar-refractivity contribution in [2.45, 2.75) is 19.9 Å². The molecule has 0 bridgehead atoms. The molecular formula is C27H26N8O3. The number of imidazole rings is 1. The van der Waals surface area contributed by atoms with Crippen LogP contribution in [0.5, 0.6) is 11.5 Å². The highest BCUT2D eigenvalue weighted by atomic mass is 16.5. The molecule has 0 spiro atoms. The third-order valence-corrected chi connectivity index (χ3v) is 5.74. The van der Waals surface area contributed by atoms with Crippen molar-refractivity contribution < 1.29 is 14.3 Å². The molecule has 0 aliphatic carbocycles. The molecular weight excluding hydrogens is 484 g/mol. The predicted octanol–water partition coefficient (Wildman–Crippen LogP) is 5.20. The summed E-state index contributed by atoms with van der Waals surface area (Å²) >= 11 is 0. The van der Waals surface area contributed by atoms with Gasteiger partial charge in [-0.15, -0.1) is 0 Å². The molecule has 11 heteroatoms. The number of ether oxygens (including phenoxy) is 1. The second-order valence-electron chi connectivity index (χ2n) is 8.76. The van der Waals surface area contributed by atoms with Crippen LogP contribution in [0.1, 0.15) is 30.4 Å². The van der Waals surface area contributed by atoms with Gasteiger partial charge in [-0.05, 0) is 56.3 Å². The van der Waals surface area contributed by atoms with Gasteiger partial charge in [-0.25, -0.2) is 9.78 Å². The zero-order valence-corrected chi connectivity index (χ0v) is 21.0. The predicted molar refractivity (Wildman–Crippen MR) is 144 cm³/mol. The lowest BCUT2D eigenvalue weighted by Gasteiger charge is -2.10. The first-order chi connectivity index (χ1) is 18.4. The number of carbonyl (C=O) groups excluding carboxylic acids is 2. The number of urea groups is 1. The quantitative estimate of drug-likeness (QED) is 0.237. The summed E-state index contributed by atoms with van der Waals surface area (Å²) in [6, 6.07) is 15.6. The minimum Gasteiger partial charge on any atom is -0.457 e. The summed E-state index contributed by atoms with van der Waals surface area (Å²) in [6.45, 7) is 4.04. The maximum absolute atomic E-state index is 12.9. The lowest BCUT2D eigenvalue weighted by Crippen LogP contribution is -2.19. The summed E-state index contributed by atoms with van der Waals surface area (Å²) in [5.41, 5.74) is 4.66. The molecule has 0 radical (unpaired) electrons. The fraction of sp³-hybridized carbons (Fsp3) is 0.148. The third kappa shape index (κ3) is 5.31. The first-order valence-corrected chi connectivity index (χ1v) is 12.0. The number of anilines is 2. The average Bonchev–Trinajstić information content (AvgIpc) is 3.56. The van der Waals surface area contributed by atoms with Gasteiger partial charge >= 0.3 is 6.03 Å². The van der Waals surface area contributed by atoms with Gasteiger partial charge in [0.15, 0.2) is 0 Å². The summed E-state index contributed by atoms with van der Waals surface area (Å²) in [6.07, 6.45) is 4.96. The van der Waals surface area contributed by atoms with E-state index in [0.717, 1.165) is 16.6 Å². The van der Waals surface area contributed by atoms with Gasteiger partial charge in [-0.3, -0.25) is 14.5 Å². The molecule has 0 fully saturated rings. The van der Waals surface area contributed by atoms with Crippen LogP contribution in [0.25, 0.3) is 22.3 Å². The molecule has 4 N–H and O–H groups in total. The number of pyridine rings is 1. The fourth-order valence-electron chi connectivity index (χ4n) is 3.80. The molecule has 0 atom stereocenters. The minimum atomic E-state index is -0.407. The molecule has 3 aromatic heterocycles. The Morgan fingerprint density at radius 2 is 1.79 bits per heavy atom. The standard InChI is InChI=1S/C27H26N8O3/c1-16(2)35-14-24(25(34-35)17-4-9-21-22(12-17)31-15-30-21)33-27(37)32-18-5-7-19(8-6-18)38-20-10-11-29-23(13-20)26(36)28-3/h4-16H,1-3H3,(H,28,36)(H,30,31)(H2,32,33,37). The number of rotatable bonds is 7. The van der Waals surface area contributed by atoms with Crippen molar-refractivity contribution in [3.05, 3.63) is 79.0 Å². The Balaban J connectivity index is 1.28. The number of H-pyrrole nitrogens is 1. The van der Waals surface area contributed by atoms with E-state index in [2.05, 4.69) is 30.9 Å². The number of nitrogens with one attached hydrogen (secondary N) is 4. The summed E-state index contributed by atoms with van der Waals surface area (Å²) in [7, 11) is 1.54. The van der Waals surface area contributed by atoms with Crippen molar-refractivity contribution in [2.75, 3.05) is 17.7 Å². The average molecular weight is 511 g/mol. The smallest absolute Gasteiger partial charge is 0.323 e. The number of aromatic amines is 1. The van der Waals surface area contributed by atoms with Crippen molar-refractivity contribution in [3.8, 4) is 22.8 Å². The Morgan fingerprint density at radius 1 is 0.974 bits per heavy atom. The Kier molecular flexibility index (Phi) is 6.72. The van der Waals surface area contributed by atoms with Crippen molar-refractivity contribution in [1.82, 2.24) is 30.0 Å². The van der Waals surface area contributed by atoms with Gasteiger partial charge in [0.2, 0.25) is 0 Å². The Bertz CT molecular complexity index is 1600. The van der Waals surface area contributed by atoms with Crippen molar-refractivity contribution in [1.29, 1.82) is 0 Å². The first kappa shape index (κ1) is 24.5. The Hall–Kier alpha value is -5.19. The Morgan fingerprint density at radius 3 is 2.55 bits per heavy atom. The molecule has 2 aromatic carbocycles. The largest absolute Gasteiger partial charge is 0.457 e. The van der Waals surface area contributed by atoms with Crippen LogP contribution in [0.2, 0.25) is 0 Å². The zero-order chi connectivity index (χ0) is 26.6. The van der Waals surface area contributed by atoms with E-state index in [0.29, 0.717) is 28.6 Å². The molecule has 0 aliphatic rings. The van der Waals surface area contributed by atoms with E-state index < -0.39 is 6.03 Å². The van der Waals surface area contributed by atoms with Crippen LogP contribution in [0.15, 0.2) is 73.3 Å². The highest BCUT2D eigenvalue weighted by Gasteiger charge is 2.16. The van der Waals surface area contributed by atoms with Crippen molar-refractivity contribution in [3.63, 3.8) is 0 Å². The van der Waals surface area contributed by atoms with Crippen molar-refractivity contribution >= 4 is 34.3 Å². The Labute approximate surface area is 218 Å². The van der Waals surface area contributed by atoms with E-state index in [1.54, 1.807) is 42.7 Å². The van der Waals surface area contributed by atoms with E-state index >= 15 is 0 Å². The molecule has 5 rings (SSSR count). The molecule has 3 heterocycles. The third-order valence-electron chi connectivity index (χ3n) is 5.74. The fourth-order valence-corrected chi connectivity index (χ4v) is 3.80. The normalized spacial score (nSPS) is 10.9. The molecule has 0 unspecified atom stereocenters. The maximum atomic E-state index is 12.9. The van der Waals surface area contributed by atoms with Crippen LogP contribution in [0, 0.1) is 0 Å². The van der Waals surface area contributed by atoms with Crippen LogP contribution in [-0.4, -0.2) is 43.7 Å². The van der Waals surface area contributed by atoms with Crippen LogP contribution in [0.4, 0.5) is 16.2 Å². The molecule has 0 saturated carbocycles. The minimum absolute atomic E-state index is 0.114. The molecule has 11 nitrogen and oxygen atoms in total. The lowest BCUT2D eigenvalue weighted by molar-refractivity contribution is 0.0958. The van der Waals surface area contributed by atoms with Gasteiger partial charge in [0, 0.05) is 42.8 Å². The lowest BCUT2D eigenvalue weighted by atomic mass is 10.1. The van der Waals surface area contributed by atoms with Crippen LogP contribution < -0.4 is 20.7 Å². The number of hydrogen-bond donors (Lipinski definition) is 4. The highest BCUT2D eigenvalue weighted by molar-refractivity contribution is 6.02. The second-order valence-corrected chi connectivity index (χ2v) is 8.76. The number of benzene rings is 2. The van der Waals surface area contributed by atoms with Gasteiger partial charge in [-0.1, -0.05) is 6.07 Å². The van der Waals surface area contributed by atoms with Gasteiger partial charge in [-0.2, -0.15) is 5.10 Å². The van der Waals surface area contributed by atoms with E-state index in [4.69, 9.17) is 9.84 Å². The van der Waals surface area contributed by atoms with Crippen LogP contribution in [0.3, 0.4) is 0 Å². The van der Waals surface area contributed by atoms with Crippen molar-refractivity contribution in [2.24, 2.45) is 0 Å². The number of aromatic nitrogens is 5. The number of hydrogen-bond acceptors (Lipinski definition) is 6. The molecule has 0 saturated heterocycles. The van der Waals surface area contributed by atoms with E-state index in [9.17, 15) is 9.59 Å². The summed E-state index contributed by atoms with van der Waals surface area (Å²) in [5, 5.41) is 13.0. The number of nitrogens with zero attached hydrogens (tertiary/aromatic N) is 4. The van der Waals surface area contributed by atoms with Gasteiger partial charge in [0.05, 0.1) is 23.0 Å². The van der Waals surface area contributed by atoms with E-state index in [1.807, 2.05) is 42.9 Å². The molecule has 0 aliphatic heterocycles. The maximum Gasteiger partial charge on any atom is 0.323 e. The van der Waals surface area contributed by atoms with E-state index in [1.165, 1.54) is 13.2 Å². The molecule has 192 valence electrons. The monoisotopic (exact) mass is 510 g/mol. The second kappa shape index (κ2) is 10.4. The number of carbonyl (C=O) groups is 2. The van der Waals surface area contributed by atoms with Gasteiger partial charge in [0.25, 0.3) is 5.91 Å².